The van der Waals surface area contributed by atoms with Crippen molar-refractivity contribution >= 4 is 27.7 Å². The van der Waals surface area contributed by atoms with Crippen LogP contribution in [0.4, 0.5) is 0 Å². The summed E-state index contributed by atoms with van der Waals surface area (Å²) in [5.41, 5.74) is 1.65. The van der Waals surface area contributed by atoms with E-state index in [4.69, 9.17) is 9.47 Å². The lowest BCUT2D eigenvalue weighted by molar-refractivity contribution is 0.0505. The Bertz CT molecular complexity index is 759. The summed E-state index contributed by atoms with van der Waals surface area (Å²) >= 11 is 1.76. The van der Waals surface area contributed by atoms with Gasteiger partial charge in [-0.1, -0.05) is 18.2 Å². The molecule has 0 amide bonds. The number of rotatable bonds is 6. The van der Waals surface area contributed by atoms with Crippen molar-refractivity contribution in [2.24, 2.45) is 0 Å². The Kier molecular flexibility index (Phi) is 4.51. The van der Waals surface area contributed by atoms with Crippen LogP contribution in [0.3, 0.4) is 0 Å². The maximum atomic E-state index is 11.0. The van der Waals surface area contributed by atoms with E-state index in [1.165, 1.54) is 15.0 Å². The lowest BCUT2D eigenvalue weighted by Crippen LogP contribution is -2.02. The van der Waals surface area contributed by atoms with Crippen molar-refractivity contribution in [1.29, 1.82) is 0 Å². The summed E-state index contributed by atoms with van der Waals surface area (Å²) in [4.78, 5) is 12.3. The maximum Gasteiger partial charge on any atom is 0.188 e. The van der Waals surface area contributed by atoms with Crippen LogP contribution in [0.5, 0.6) is 5.75 Å². The largest absolute Gasteiger partial charge is 0.467 e. The molecule has 3 nitrogen and oxygen atoms in total. The zero-order chi connectivity index (χ0) is 15.4. The summed E-state index contributed by atoms with van der Waals surface area (Å²) in [6.45, 7) is 0.194. The maximum absolute atomic E-state index is 11.0. The standard InChI is InChI=1S/C18H16O3S/c1-20-12-21-17-7-6-13(11-19)8-15(17)10-16-9-14-4-2-3-5-18(14)22-16/h2-9,11H,10,12H2,1H3. The van der Waals surface area contributed by atoms with Crippen molar-refractivity contribution in [3.63, 3.8) is 0 Å². The van der Waals surface area contributed by atoms with Crippen molar-refractivity contribution in [3.05, 3.63) is 64.5 Å². The third-order valence-corrected chi connectivity index (χ3v) is 4.51. The van der Waals surface area contributed by atoms with E-state index in [2.05, 4.69) is 18.2 Å². The van der Waals surface area contributed by atoms with Gasteiger partial charge >= 0.3 is 0 Å². The molecule has 3 rings (SSSR count). The summed E-state index contributed by atoms with van der Waals surface area (Å²) in [6, 6.07) is 16.0. The topological polar surface area (TPSA) is 35.5 Å². The van der Waals surface area contributed by atoms with Crippen LogP contribution in [0, 0.1) is 0 Å². The summed E-state index contributed by atoms with van der Waals surface area (Å²) in [7, 11) is 1.59. The predicted octanol–water partition coefficient (Wildman–Crippen LogP) is 4.29. The highest BCUT2D eigenvalue weighted by atomic mass is 32.1. The molecule has 0 saturated heterocycles. The van der Waals surface area contributed by atoms with Crippen LogP contribution < -0.4 is 4.74 Å². The first-order chi connectivity index (χ1) is 10.8. The molecule has 0 radical (unpaired) electrons. The van der Waals surface area contributed by atoms with Gasteiger partial charge in [-0.2, -0.15) is 0 Å². The summed E-state index contributed by atoms with van der Waals surface area (Å²) in [6.07, 6.45) is 1.59. The van der Waals surface area contributed by atoms with Gasteiger partial charge in [0.25, 0.3) is 0 Å². The second kappa shape index (κ2) is 6.73. The second-order valence-corrected chi connectivity index (χ2v) is 6.13. The number of ether oxygens (including phenoxy) is 2. The quantitative estimate of drug-likeness (QED) is 0.503. The number of methoxy groups -OCH3 is 1. The van der Waals surface area contributed by atoms with Crippen molar-refractivity contribution in [3.8, 4) is 5.75 Å². The van der Waals surface area contributed by atoms with Crippen molar-refractivity contribution in [1.82, 2.24) is 0 Å². The van der Waals surface area contributed by atoms with Gasteiger partial charge in [0.2, 0.25) is 0 Å². The van der Waals surface area contributed by atoms with Gasteiger partial charge < -0.3 is 9.47 Å². The molecular formula is C18H16O3S. The van der Waals surface area contributed by atoms with Crippen LogP contribution in [0.15, 0.2) is 48.5 Å². The van der Waals surface area contributed by atoms with Gasteiger partial charge in [0.05, 0.1) is 0 Å². The van der Waals surface area contributed by atoms with Crippen molar-refractivity contribution in [2.75, 3.05) is 13.9 Å². The molecule has 0 atom stereocenters. The highest BCUT2D eigenvalue weighted by molar-refractivity contribution is 7.19. The lowest BCUT2D eigenvalue weighted by Gasteiger charge is -2.10. The van der Waals surface area contributed by atoms with E-state index in [1.807, 2.05) is 24.3 Å². The smallest absolute Gasteiger partial charge is 0.188 e. The minimum Gasteiger partial charge on any atom is -0.467 e. The fourth-order valence-corrected chi connectivity index (χ4v) is 3.47. The number of carbonyl (C=O) groups is 1. The number of hydrogen-bond donors (Lipinski definition) is 0. The molecule has 0 N–H and O–H groups in total. The van der Waals surface area contributed by atoms with Crippen LogP contribution in [0.1, 0.15) is 20.8 Å². The first kappa shape index (κ1) is 14.8. The number of thiophene rings is 1. The zero-order valence-electron chi connectivity index (χ0n) is 12.2. The highest BCUT2D eigenvalue weighted by Crippen LogP contribution is 2.30. The summed E-state index contributed by atoms with van der Waals surface area (Å²) < 4.78 is 11.8. The molecule has 2 aromatic carbocycles. The molecule has 0 spiro atoms. The van der Waals surface area contributed by atoms with Crippen molar-refractivity contribution < 1.29 is 14.3 Å². The molecule has 112 valence electrons. The van der Waals surface area contributed by atoms with E-state index in [0.29, 0.717) is 5.56 Å². The monoisotopic (exact) mass is 312 g/mol. The number of hydrogen-bond acceptors (Lipinski definition) is 4. The van der Waals surface area contributed by atoms with Gasteiger partial charge in [-0.15, -0.1) is 11.3 Å². The number of carbonyl (C=O) groups excluding carboxylic acids is 1. The Morgan fingerprint density at radius 3 is 2.77 bits per heavy atom. The second-order valence-electron chi connectivity index (χ2n) is 4.96. The van der Waals surface area contributed by atoms with Gasteiger partial charge in [-0.05, 0) is 35.7 Å². The number of fused-ring (bicyclic) bond motifs is 1. The molecule has 0 aliphatic rings. The van der Waals surface area contributed by atoms with Crippen LogP contribution in [-0.4, -0.2) is 20.2 Å². The van der Waals surface area contributed by atoms with E-state index < -0.39 is 0 Å². The number of aldehydes is 1. The van der Waals surface area contributed by atoms with Gasteiger partial charge in [-0.25, -0.2) is 0 Å². The molecular weight excluding hydrogens is 296 g/mol. The minimum atomic E-state index is 0.194. The third kappa shape index (κ3) is 3.18. The molecule has 0 aliphatic heterocycles. The zero-order valence-corrected chi connectivity index (χ0v) is 13.1. The SMILES string of the molecule is COCOc1ccc(C=O)cc1Cc1cc2ccccc2s1. The van der Waals surface area contributed by atoms with E-state index in [0.717, 1.165) is 24.0 Å². The first-order valence-electron chi connectivity index (χ1n) is 6.97. The summed E-state index contributed by atoms with van der Waals surface area (Å²) in [5.74, 6) is 0.755. The molecule has 22 heavy (non-hydrogen) atoms. The van der Waals surface area contributed by atoms with Crippen LogP contribution in [-0.2, 0) is 11.2 Å². The first-order valence-corrected chi connectivity index (χ1v) is 7.79. The van der Waals surface area contributed by atoms with Crippen LogP contribution >= 0.6 is 11.3 Å². The Morgan fingerprint density at radius 2 is 2.00 bits per heavy atom. The van der Waals surface area contributed by atoms with Gasteiger partial charge in [0.1, 0.15) is 12.0 Å². The molecule has 0 unspecified atom stereocenters. The molecule has 0 bridgehead atoms. The van der Waals surface area contributed by atoms with Crippen LogP contribution in [0.2, 0.25) is 0 Å². The van der Waals surface area contributed by atoms with E-state index in [1.54, 1.807) is 24.5 Å². The van der Waals surface area contributed by atoms with Crippen molar-refractivity contribution in [2.45, 2.75) is 6.42 Å². The normalized spacial score (nSPS) is 10.8. The average Bonchev–Trinajstić information content (AvgIpc) is 2.95. The Morgan fingerprint density at radius 1 is 1.14 bits per heavy atom. The molecule has 0 aliphatic carbocycles. The van der Waals surface area contributed by atoms with Crippen LogP contribution in [0.25, 0.3) is 10.1 Å². The van der Waals surface area contributed by atoms with Gasteiger partial charge in [0, 0.05) is 34.2 Å². The fourth-order valence-electron chi connectivity index (χ4n) is 2.39. The molecule has 1 aromatic heterocycles. The molecule has 4 heteroatoms. The third-order valence-electron chi connectivity index (χ3n) is 3.39. The van der Waals surface area contributed by atoms with Gasteiger partial charge in [-0.3, -0.25) is 4.79 Å². The number of benzene rings is 2. The Balaban J connectivity index is 1.93. The minimum absolute atomic E-state index is 0.194. The molecule has 3 aromatic rings. The highest BCUT2D eigenvalue weighted by Gasteiger charge is 2.09. The predicted molar refractivity (Wildman–Crippen MR) is 89.0 cm³/mol. The van der Waals surface area contributed by atoms with Gasteiger partial charge in [0.15, 0.2) is 6.79 Å². The fraction of sp³-hybridized carbons (Fsp3) is 0.167. The average molecular weight is 312 g/mol. The van der Waals surface area contributed by atoms with E-state index in [-0.39, 0.29) is 6.79 Å². The summed E-state index contributed by atoms with van der Waals surface area (Å²) in [5, 5.41) is 1.24. The molecule has 0 fully saturated rings. The molecule has 0 saturated carbocycles. The Labute approximate surface area is 133 Å². The lowest BCUT2D eigenvalue weighted by atomic mass is 10.1. The van der Waals surface area contributed by atoms with E-state index >= 15 is 0 Å². The Hall–Kier alpha value is -2.17. The molecule has 1 heterocycles. The van der Waals surface area contributed by atoms with E-state index in [9.17, 15) is 4.79 Å².